The molecule has 0 spiro atoms. The Morgan fingerprint density at radius 1 is 0.696 bits per heavy atom. The monoisotopic (exact) mass is 328 g/mol. The van der Waals surface area contributed by atoms with Crippen molar-refractivity contribution in [3.8, 4) is 0 Å². The molecular formula is C19H36O4. The van der Waals surface area contributed by atoms with Crippen molar-refractivity contribution in [1.82, 2.24) is 0 Å². The predicted molar refractivity (Wildman–Crippen MR) is 94.6 cm³/mol. The first-order chi connectivity index (χ1) is 11.1. The molecule has 0 aliphatic heterocycles. The number of methoxy groups -OCH3 is 1. The Morgan fingerprint density at radius 3 is 1.52 bits per heavy atom. The minimum absolute atomic E-state index is 0.148. The normalized spacial score (nSPS) is 12.1. The molecule has 0 bridgehead atoms. The van der Waals surface area contributed by atoms with Gasteiger partial charge in [-0.3, -0.25) is 4.79 Å². The third-order valence-corrected chi connectivity index (χ3v) is 4.12. The molecule has 0 aromatic carbocycles. The highest BCUT2D eigenvalue weighted by molar-refractivity contribution is 5.68. The van der Waals surface area contributed by atoms with Crippen LogP contribution in [0.5, 0.6) is 0 Å². The van der Waals surface area contributed by atoms with Crippen LogP contribution in [0.25, 0.3) is 0 Å². The van der Waals surface area contributed by atoms with Crippen molar-refractivity contribution >= 4 is 5.97 Å². The van der Waals surface area contributed by atoms with Crippen LogP contribution >= 0.6 is 0 Å². The summed E-state index contributed by atoms with van der Waals surface area (Å²) in [6.07, 6.45) is 13.5. The van der Waals surface area contributed by atoms with E-state index in [1.165, 1.54) is 32.8 Å². The third kappa shape index (κ3) is 14.2. The van der Waals surface area contributed by atoms with E-state index in [1.54, 1.807) is 0 Å². The quantitative estimate of drug-likeness (QED) is 0.221. The van der Waals surface area contributed by atoms with Gasteiger partial charge in [-0.25, -0.2) is 0 Å². The molecule has 0 fully saturated rings. The van der Waals surface area contributed by atoms with E-state index in [2.05, 4.69) is 11.7 Å². The molecule has 0 aromatic heterocycles. The van der Waals surface area contributed by atoms with E-state index in [1.807, 2.05) is 0 Å². The first kappa shape index (κ1) is 21.8. The first-order valence-electron chi connectivity index (χ1n) is 9.28. The second-order valence-corrected chi connectivity index (χ2v) is 6.26. The summed E-state index contributed by atoms with van der Waals surface area (Å²) in [5, 5.41) is 19.7. The molecule has 4 nitrogen and oxygen atoms in total. The Morgan fingerprint density at radius 2 is 1.09 bits per heavy atom. The van der Waals surface area contributed by atoms with Gasteiger partial charge in [-0.2, -0.15) is 0 Å². The fraction of sp³-hybridized carbons (Fsp3) is 0.842. The van der Waals surface area contributed by atoms with Gasteiger partial charge in [-0.1, -0.05) is 58.3 Å². The molecule has 136 valence electrons. The summed E-state index contributed by atoms with van der Waals surface area (Å²) < 4.78 is 4.59. The molecule has 0 aliphatic rings. The van der Waals surface area contributed by atoms with Crippen LogP contribution in [0.2, 0.25) is 0 Å². The van der Waals surface area contributed by atoms with Crippen molar-refractivity contribution in [2.24, 2.45) is 0 Å². The SMILES string of the molecule is CCCCCCCC/C(O)=C(/O)CCCCCCCC(=O)OC. The fourth-order valence-electron chi connectivity index (χ4n) is 2.56. The Balaban J connectivity index is 3.54. The second kappa shape index (κ2) is 15.7. The third-order valence-electron chi connectivity index (χ3n) is 4.12. The van der Waals surface area contributed by atoms with E-state index in [0.717, 1.165) is 44.9 Å². The zero-order chi connectivity index (χ0) is 17.3. The lowest BCUT2D eigenvalue weighted by Gasteiger charge is -2.06. The topological polar surface area (TPSA) is 66.8 Å². The van der Waals surface area contributed by atoms with E-state index in [9.17, 15) is 15.0 Å². The number of hydrogen-bond donors (Lipinski definition) is 2. The molecule has 0 heterocycles. The molecule has 0 atom stereocenters. The number of esters is 1. The number of aliphatic hydroxyl groups is 2. The standard InChI is InChI=1S/C19H36O4/c1-3-4-5-6-8-11-14-17(20)18(21)15-12-9-7-10-13-16-19(22)23-2/h20-21H,3-16H2,1-2H3/b18-17-. The lowest BCUT2D eigenvalue weighted by molar-refractivity contribution is -0.140. The maximum Gasteiger partial charge on any atom is 0.305 e. The van der Waals surface area contributed by atoms with Gasteiger partial charge in [0.05, 0.1) is 7.11 Å². The minimum Gasteiger partial charge on any atom is -0.509 e. The number of ether oxygens (including phenoxy) is 1. The summed E-state index contributed by atoms with van der Waals surface area (Å²) >= 11 is 0. The molecule has 0 saturated heterocycles. The molecular weight excluding hydrogens is 292 g/mol. The van der Waals surface area contributed by atoms with E-state index in [0.29, 0.717) is 19.3 Å². The van der Waals surface area contributed by atoms with E-state index < -0.39 is 0 Å². The molecule has 0 amide bonds. The maximum absolute atomic E-state index is 10.9. The Bertz CT molecular complexity index is 323. The van der Waals surface area contributed by atoms with Crippen LogP contribution in [0.4, 0.5) is 0 Å². The zero-order valence-corrected chi connectivity index (χ0v) is 15.1. The summed E-state index contributed by atoms with van der Waals surface area (Å²) in [6, 6.07) is 0. The largest absolute Gasteiger partial charge is 0.509 e. The first-order valence-corrected chi connectivity index (χ1v) is 9.28. The van der Waals surface area contributed by atoms with Crippen molar-refractivity contribution in [2.45, 2.75) is 96.8 Å². The van der Waals surface area contributed by atoms with Gasteiger partial charge in [-0.05, 0) is 19.3 Å². The number of allylic oxidation sites excluding steroid dienone is 2. The van der Waals surface area contributed by atoms with Crippen molar-refractivity contribution in [2.75, 3.05) is 7.11 Å². The zero-order valence-electron chi connectivity index (χ0n) is 15.1. The number of carbonyl (C=O) groups is 1. The molecule has 23 heavy (non-hydrogen) atoms. The van der Waals surface area contributed by atoms with Crippen LogP contribution in [-0.4, -0.2) is 23.3 Å². The van der Waals surface area contributed by atoms with E-state index in [-0.39, 0.29) is 17.5 Å². The number of aliphatic hydroxyl groups excluding tert-OH is 2. The molecule has 0 rings (SSSR count). The summed E-state index contributed by atoms with van der Waals surface area (Å²) in [4.78, 5) is 10.9. The van der Waals surface area contributed by atoms with E-state index in [4.69, 9.17) is 0 Å². The summed E-state index contributed by atoms with van der Waals surface area (Å²) in [5.41, 5.74) is 0. The van der Waals surface area contributed by atoms with Crippen LogP contribution in [0, 0.1) is 0 Å². The summed E-state index contributed by atoms with van der Waals surface area (Å²) in [7, 11) is 1.41. The number of hydrogen-bond acceptors (Lipinski definition) is 4. The smallest absolute Gasteiger partial charge is 0.305 e. The molecule has 0 saturated carbocycles. The number of rotatable bonds is 15. The van der Waals surface area contributed by atoms with Crippen LogP contribution < -0.4 is 0 Å². The van der Waals surface area contributed by atoms with E-state index >= 15 is 0 Å². The van der Waals surface area contributed by atoms with Gasteiger partial charge in [0.15, 0.2) is 0 Å². The number of carbonyl (C=O) groups excluding carboxylic acids is 1. The Labute approximate surface area is 141 Å². The summed E-state index contributed by atoms with van der Waals surface area (Å²) in [5.74, 6) is 0.185. The average Bonchev–Trinajstić information content (AvgIpc) is 2.56. The molecule has 0 aliphatic carbocycles. The fourth-order valence-corrected chi connectivity index (χ4v) is 2.56. The van der Waals surface area contributed by atoms with Crippen LogP contribution in [0.15, 0.2) is 11.5 Å². The van der Waals surface area contributed by atoms with Gasteiger partial charge in [0, 0.05) is 19.3 Å². The maximum atomic E-state index is 10.9. The van der Waals surface area contributed by atoms with Gasteiger partial charge in [0.2, 0.25) is 0 Å². The van der Waals surface area contributed by atoms with Crippen molar-refractivity contribution < 1.29 is 19.7 Å². The van der Waals surface area contributed by atoms with Crippen LogP contribution in [0.3, 0.4) is 0 Å². The van der Waals surface area contributed by atoms with Crippen LogP contribution in [-0.2, 0) is 9.53 Å². The molecule has 2 N–H and O–H groups in total. The van der Waals surface area contributed by atoms with Gasteiger partial charge >= 0.3 is 5.97 Å². The molecule has 0 radical (unpaired) electrons. The predicted octanol–water partition coefficient (Wildman–Crippen LogP) is 5.97. The molecule has 0 aromatic rings. The number of unbranched alkanes of at least 4 members (excludes halogenated alkanes) is 9. The summed E-state index contributed by atoms with van der Waals surface area (Å²) in [6.45, 7) is 2.20. The van der Waals surface area contributed by atoms with Gasteiger partial charge < -0.3 is 14.9 Å². The lowest BCUT2D eigenvalue weighted by Crippen LogP contribution is -1.99. The highest BCUT2D eigenvalue weighted by Crippen LogP contribution is 2.16. The molecule has 0 unspecified atom stereocenters. The second-order valence-electron chi connectivity index (χ2n) is 6.26. The van der Waals surface area contributed by atoms with Crippen molar-refractivity contribution in [3.05, 3.63) is 11.5 Å². The Kier molecular flexibility index (Phi) is 14.9. The van der Waals surface area contributed by atoms with Crippen LogP contribution in [0.1, 0.15) is 96.8 Å². The van der Waals surface area contributed by atoms with Gasteiger partial charge in [0.1, 0.15) is 11.5 Å². The average molecular weight is 328 g/mol. The highest BCUT2D eigenvalue weighted by atomic mass is 16.5. The van der Waals surface area contributed by atoms with Crippen molar-refractivity contribution in [1.29, 1.82) is 0 Å². The van der Waals surface area contributed by atoms with Crippen molar-refractivity contribution in [3.63, 3.8) is 0 Å². The van der Waals surface area contributed by atoms with Gasteiger partial charge in [-0.15, -0.1) is 0 Å². The van der Waals surface area contributed by atoms with Gasteiger partial charge in [0.25, 0.3) is 0 Å². The lowest BCUT2D eigenvalue weighted by atomic mass is 10.1. The minimum atomic E-state index is -0.148. The Hall–Kier alpha value is -1.19. The highest BCUT2D eigenvalue weighted by Gasteiger charge is 2.04. The molecule has 4 heteroatoms.